The van der Waals surface area contributed by atoms with Crippen LogP contribution in [0.2, 0.25) is 0 Å². The van der Waals surface area contributed by atoms with Crippen molar-refractivity contribution in [2.45, 2.75) is 13.8 Å². The predicted octanol–water partition coefficient (Wildman–Crippen LogP) is 8.25. The van der Waals surface area contributed by atoms with Gasteiger partial charge in [0.1, 0.15) is 17.4 Å². The number of aromatic carboxylic acids is 1. The number of nitrogens with one attached hydrogen (secondary N) is 4. The van der Waals surface area contributed by atoms with Crippen molar-refractivity contribution in [3.63, 3.8) is 0 Å². The number of halogens is 1. The molecule has 0 atom stereocenters. The fourth-order valence-corrected chi connectivity index (χ4v) is 5.18. The number of rotatable bonds is 11. The summed E-state index contributed by atoms with van der Waals surface area (Å²) in [5.74, 6) is -2.68. The molecule has 0 aliphatic rings. The van der Waals surface area contributed by atoms with Gasteiger partial charge in [-0.3, -0.25) is 20.3 Å². The Hall–Kier alpha value is -6.88. The van der Waals surface area contributed by atoms with Crippen LogP contribution in [0.5, 0.6) is 5.75 Å². The summed E-state index contributed by atoms with van der Waals surface area (Å²) in [5.41, 5.74) is 3.88. The van der Waals surface area contributed by atoms with Gasteiger partial charge in [0.2, 0.25) is 0 Å². The number of carboxylic acids is 1. The van der Waals surface area contributed by atoms with Crippen LogP contribution in [0.25, 0.3) is 28.3 Å². The van der Waals surface area contributed by atoms with Gasteiger partial charge in [-0.25, -0.2) is 14.0 Å². The van der Waals surface area contributed by atoms with Crippen molar-refractivity contribution >= 4 is 41.5 Å². The summed E-state index contributed by atoms with van der Waals surface area (Å²) < 4.78 is 18.2. The van der Waals surface area contributed by atoms with Gasteiger partial charge >= 0.3 is 12.1 Å². The lowest BCUT2D eigenvalue weighted by molar-refractivity contribution is 0.0697. The molecule has 5 aromatic rings. The van der Waals surface area contributed by atoms with Crippen LogP contribution >= 0.6 is 0 Å². The molecular formula is C41H35FN4O6. The van der Waals surface area contributed by atoms with E-state index in [0.29, 0.717) is 28.9 Å². The van der Waals surface area contributed by atoms with E-state index in [0.717, 1.165) is 23.3 Å². The molecule has 0 saturated heterocycles. The molecule has 5 aromatic carbocycles. The van der Waals surface area contributed by atoms with Crippen LogP contribution in [0.4, 0.5) is 14.9 Å². The Balaban J connectivity index is 1.43. The Morgan fingerprint density at radius 2 is 1.40 bits per heavy atom. The molecule has 0 heterocycles. The first-order chi connectivity index (χ1) is 24.9. The van der Waals surface area contributed by atoms with Gasteiger partial charge in [-0.15, -0.1) is 0 Å². The highest BCUT2D eigenvalue weighted by Gasteiger charge is 2.22. The minimum Gasteiger partial charge on any atom is -0.478 e. The summed E-state index contributed by atoms with van der Waals surface area (Å²) in [4.78, 5) is 51.5. The molecule has 0 aliphatic heterocycles. The highest BCUT2D eigenvalue weighted by molar-refractivity contribution is 6.12. The first-order valence-corrected chi connectivity index (χ1v) is 16.2. The molecule has 0 spiro atoms. The predicted molar refractivity (Wildman–Crippen MR) is 198 cm³/mol. The van der Waals surface area contributed by atoms with E-state index >= 15 is 0 Å². The topological polar surface area (TPSA) is 158 Å². The summed E-state index contributed by atoms with van der Waals surface area (Å²) in [5, 5.41) is 26.4. The van der Waals surface area contributed by atoms with Crippen molar-refractivity contribution in [2.24, 2.45) is 5.92 Å². The van der Waals surface area contributed by atoms with E-state index in [2.05, 4.69) is 22.5 Å². The van der Waals surface area contributed by atoms with E-state index in [-0.39, 0.29) is 39.8 Å². The number of hydrogen-bond donors (Lipinski definition) is 5. The first kappa shape index (κ1) is 36.4. The molecule has 0 aromatic heterocycles. The maximum absolute atomic E-state index is 14.0. The molecule has 52 heavy (non-hydrogen) atoms. The lowest BCUT2D eigenvalue weighted by atomic mass is 9.90. The summed E-state index contributed by atoms with van der Waals surface area (Å²) in [6, 6.07) is 28.0. The van der Waals surface area contributed by atoms with E-state index in [1.54, 1.807) is 36.4 Å². The van der Waals surface area contributed by atoms with Crippen molar-refractivity contribution < 1.29 is 33.4 Å². The van der Waals surface area contributed by atoms with Gasteiger partial charge in [0.25, 0.3) is 11.8 Å². The molecule has 262 valence electrons. The lowest BCUT2D eigenvalue weighted by Gasteiger charge is -2.16. The highest BCUT2D eigenvalue weighted by Crippen LogP contribution is 2.33. The number of amidine groups is 1. The molecule has 5 rings (SSSR count). The van der Waals surface area contributed by atoms with Crippen molar-refractivity contribution in [3.8, 4) is 28.0 Å². The number of ether oxygens (including phenoxy) is 1. The van der Waals surface area contributed by atoms with Gasteiger partial charge in [-0.2, -0.15) is 0 Å². The van der Waals surface area contributed by atoms with Crippen LogP contribution in [0, 0.1) is 17.1 Å². The fourth-order valence-electron chi connectivity index (χ4n) is 5.18. The standard InChI is InChI=1S/C41H35FN4O6/c1-4-25-5-7-26(8-6-25)28-11-19-33(34-20-12-29(22-36(34)40(49)50)38(47)44-23-24(2)3)35(21-28)39(48)45-31-15-9-27(10-16-31)37(43)46-41(51)52-32-17-13-30(42)14-18-32/h4-22,24H,1,23H2,2-3H3,(H,44,47)(H,45,48)(H,49,50)(H2,43,46,51). The Labute approximate surface area is 299 Å². The molecule has 0 aliphatic carbocycles. The normalized spacial score (nSPS) is 10.6. The first-order valence-electron chi connectivity index (χ1n) is 16.2. The number of carbonyl (C=O) groups is 4. The van der Waals surface area contributed by atoms with Crippen LogP contribution in [-0.2, 0) is 0 Å². The van der Waals surface area contributed by atoms with Crippen LogP contribution in [-0.4, -0.2) is 41.4 Å². The maximum Gasteiger partial charge on any atom is 0.418 e. The Morgan fingerprint density at radius 3 is 2.04 bits per heavy atom. The molecule has 3 amide bonds. The summed E-state index contributed by atoms with van der Waals surface area (Å²) in [6.45, 7) is 8.11. The number of benzene rings is 5. The smallest absolute Gasteiger partial charge is 0.418 e. The van der Waals surface area contributed by atoms with E-state index in [1.807, 2.05) is 38.1 Å². The second kappa shape index (κ2) is 16.2. The van der Waals surface area contributed by atoms with Crippen LogP contribution < -0.4 is 20.7 Å². The number of carboxylic acid groups (broad SMARTS) is 1. The maximum atomic E-state index is 14.0. The van der Waals surface area contributed by atoms with Crippen molar-refractivity contribution in [3.05, 3.63) is 149 Å². The third-order valence-corrected chi connectivity index (χ3v) is 7.90. The van der Waals surface area contributed by atoms with Crippen LogP contribution in [0.1, 0.15) is 56.0 Å². The zero-order chi connectivity index (χ0) is 37.4. The van der Waals surface area contributed by atoms with Gasteiger partial charge in [-0.1, -0.05) is 69.0 Å². The second-order valence-corrected chi connectivity index (χ2v) is 12.1. The molecular weight excluding hydrogens is 663 g/mol. The van der Waals surface area contributed by atoms with Gasteiger partial charge in [0.15, 0.2) is 0 Å². The van der Waals surface area contributed by atoms with E-state index < -0.39 is 29.7 Å². The monoisotopic (exact) mass is 698 g/mol. The van der Waals surface area contributed by atoms with Crippen LogP contribution in [0.15, 0.2) is 116 Å². The summed E-state index contributed by atoms with van der Waals surface area (Å²) in [6.07, 6.45) is 0.777. The van der Waals surface area contributed by atoms with E-state index in [4.69, 9.17) is 10.1 Å². The number of anilines is 1. The zero-order valence-corrected chi connectivity index (χ0v) is 28.3. The van der Waals surface area contributed by atoms with Crippen LogP contribution in [0.3, 0.4) is 0 Å². The quantitative estimate of drug-likeness (QED) is 0.0691. The summed E-state index contributed by atoms with van der Waals surface area (Å²) in [7, 11) is 0. The SMILES string of the molecule is C=Cc1ccc(-c2ccc(-c3ccc(C(=O)NCC(C)C)cc3C(=O)O)c(C(=O)Nc3ccc(C(=N)NC(=O)Oc4ccc(F)cc4)cc3)c2)cc1. The van der Waals surface area contributed by atoms with Gasteiger partial charge in [0, 0.05) is 28.9 Å². The minimum absolute atomic E-state index is 0.0977. The fraction of sp³-hybridized carbons (Fsp3) is 0.0976. The lowest BCUT2D eigenvalue weighted by Crippen LogP contribution is -2.33. The molecule has 0 radical (unpaired) electrons. The number of amides is 3. The molecule has 11 heteroatoms. The van der Waals surface area contributed by atoms with Crippen molar-refractivity contribution in [1.29, 1.82) is 5.41 Å². The molecule has 0 bridgehead atoms. The van der Waals surface area contributed by atoms with Gasteiger partial charge in [0.05, 0.1) is 5.56 Å². The molecule has 0 fully saturated rings. The number of hydrogen-bond acceptors (Lipinski definition) is 6. The van der Waals surface area contributed by atoms with Gasteiger partial charge < -0.3 is 20.5 Å². The highest BCUT2D eigenvalue weighted by atomic mass is 19.1. The Morgan fingerprint density at radius 1 is 0.788 bits per heavy atom. The second-order valence-electron chi connectivity index (χ2n) is 12.1. The molecule has 5 N–H and O–H groups in total. The van der Waals surface area contributed by atoms with Crippen molar-refractivity contribution in [2.75, 3.05) is 11.9 Å². The largest absolute Gasteiger partial charge is 0.478 e. The zero-order valence-electron chi connectivity index (χ0n) is 28.3. The van der Waals surface area contributed by atoms with E-state index in [1.165, 1.54) is 42.5 Å². The Kier molecular flexibility index (Phi) is 11.4. The van der Waals surface area contributed by atoms with Crippen molar-refractivity contribution in [1.82, 2.24) is 10.6 Å². The van der Waals surface area contributed by atoms with Gasteiger partial charge in [-0.05, 0) is 100 Å². The molecule has 0 saturated carbocycles. The molecule has 0 unspecified atom stereocenters. The minimum atomic E-state index is -1.27. The average Bonchev–Trinajstić information content (AvgIpc) is 3.14. The third kappa shape index (κ3) is 9.01. The Bertz CT molecular complexity index is 2160. The molecule has 10 nitrogen and oxygen atoms in total. The summed E-state index contributed by atoms with van der Waals surface area (Å²) >= 11 is 0. The number of carbonyl (C=O) groups excluding carboxylic acids is 3. The third-order valence-electron chi connectivity index (χ3n) is 7.90. The van der Waals surface area contributed by atoms with E-state index in [9.17, 15) is 28.7 Å². The average molecular weight is 699 g/mol.